The zero-order valence-electron chi connectivity index (χ0n) is 15.3. The molecule has 0 aromatic rings. The van der Waals surface area contributed by atoms with Crippen LogP contribution in [0.5, 0.6) is 0 Å². The third kappa shape index (κ3) is 13.4. The summed E-state index contributed by atoms with van der Waals surface area (Å²) >= 11 is 6.30. The first-order valence-electron chi connectivity index (χ1n) is 9.09. The smallest absolute Gasteiger partial charge is 0.0595 e. The SMILES string of the molecule is C=CC(C)(Cl)CCC[C@H](C)CCC[C@H](C)CCCC(C)C. The van der Waals surface area contributed by atoms with E-state index in [4.69, 9.17) is 11.6 Å². The quantitative estimate of drug-likeness (QED) is 0.242. The minimum absolute atomic E-state index is 0.204. The molecular weight excluding hydrogens is 276 g/mol. The van der Waals surface area contributed by atoms with Crippen LogP contribution in [-0.4, -0.2) is 4.87 Å². The van der Waals surface area contributed by atoms with Crippen LogP contribution in [0, 0.1) is 17.8 Å². The third-order valence-corrected chi connectivity index (χ3v) is 5.00. The minimum atomic E-state index is -0.204. The summed E-state index contributed by atoms with van der Waals surface area (Å²) in [6, 6.07) is 0. The molecule has 0 amide bonds. The normalized spacial score (nSPS) is 17.5. The zero-order chi connectivity index (χ0) is 16.3. The summed E-state index contributed by atoms with van der Waals surface area (Å²) in [5, 5.41) is 0. The van der Waals surface area contributed by atoms with Crippen molar-refractivity contribution in [1.29, 1.82) is 0 Å². The fourth-order valence-electron chi connectivity index (χ4n) is 2.88. The summed E-state index contributed by atoms with van der Waals surface area (Å²) in [5.41, 5.74) is 0. The topological polar surface area (TPSA) is 0 Å². The van der Waals surface area contributed by atoms with E-state index in [0.29, 0.717) is 0 Å². The van der Waals surface area contributed by atoms with Crippen LogP contribution in [0.15, 0.2) is 12.7 Å². The molecule has 0 aliphatic heterocycles. The van der Waals surface area contributed by atoms with Gasteiger partial charge in [-0.15, -0.1) is 18.2 Å². The van der Waals surface area contributed by atoms with Gasteiger partial charge in [-0.3, -0.25) is 0 Å². The largest absolute Gasteiger partial charge is 0.115 e. The van der Waals surface area contributed by atoms with Gasteiger partial charge in [0, 0.05) is 0 Å². The van der Waals surface area contributed by atoms with E-state index in [0.717, 1.165) is 24.2 Å². The van der Waals surface area contributed by atoms with Crippen LogP contribution in [0.4, 0.5) is 0 Å². The number of hydrogen-bond donors (Lipinski definition) is 0. The fraction of sp³-hybridized carbons (Fsp3) is 0.900. The van der Waals surface area contributed by atoms with E-state index in [2.05, 4.69) is 41.2 Å². The Kier molecular flexibility index (Phi) is 11.6. The highest BCUT2D eigenvalue weighted by Gasteiger charge is 2.15. The average molecular weight is 315 g/mol. The first-order valence-corrected chi connectivity index (χ1v) is 9.47. The first kappa shape index (κ1) is 21.0. The average Bonchev–Trinajstić information content (AvgIpc) is 2.38. The molecule has 0 spiro atoms. The predicted octanol–water partition coefficient (Wildman–Crippen LogP) is 7.61. The van der Waals surface area contributed by atoms with E-state index in [-0.39, 0.29) is 4.87 Å². The van der Waals surface area contributed by atoms with Crippen molar-refractivity contribution in [3.8, 4) is 0 Å². The van der Waals surface area contributed by atoms with E-state index < -0.39 is 0 Å². The van der Waals surface area contributed by atoms with Gasteiger partial charge in [-0.2, -0.15) is 0 Å². The second kappa shape index (κ2) is 11.6. The molecule has 21 heavy (non-hydrogen) atoms. The lowest BCUT2D eigenvalue weighted by molar-refractivity contribution is 0.385. The lowest BCUT2D eigenvalue weighted by Gasteiger charge is -2.19. The third-order valence-electron chi connectivity index (χ3n) is 4.66. The molecule has 0 radical (unpaired) electrons. The highest BCUT2D eigenvalue weighted by molar-refractivity contribution is 6.24. The molecule has 0 N–H and O–H groups in total. The number of alkyl halides is 1. The Labute approximate surface area is 139 Å². The Bertz CT molecular complexity index is 255. The summed E-state index contributed by atoms with van der Waals surface area (Å²) < 4.78 is 0. The number of halogens is 1. The Hall–Kier alpha value is 0.0300. The molecule has 0 aliphatic rings. The van der Waals surface area contributed by atoms with Gasteiger partial charge in [-0.1, -0.05) is 85.1 Å². The molecular formula is C20H39Cl. The van der Waals surface area contributed by atoms with E-state index in [1.165, 1.54) is 51.4 Å². The van der Waals surface area contributed by atoms with Gasteiger partial charge in [0.2, 0.25) is 0 Å². The summed E-state index contributed by atoms with van der Waals surface area (Å²) in [6.07, 6.45) is 13.8. The van der Waals surface area contributed by atoms with Crippen LogP contribution in [0.1, 0.15) is 92.4 Å². The van der Waals surface area contributed by atoms with Crippen LogP contribution in [0.25, 0.3) is 0 Å². The molecule has 0 aliphatic carbocycles. The van der Waals surface area contributed by atoms with Crippen LogP contribution in [-0.2, 0) is 0 Å². The number of rotatable bonds is 13. The Morgan fingerprint density at radius 1 is 0.857 bits per heavy atom. The molecule has 0 saturated carbocycles. The molecule has 126 valence electrons. The summed E-state index contributed by atoms with van der Waals surface area (Å²) in [5.74, 6) is 2.61. The standard InChI is InChI=1S/C20H39Cl/c1-7-20(6,21)16-10-15-19(5)14-9-13-18(4)12-8-11-17(2)3/h7,17-19H,1,8-16H2,2-6H3/t18-,19-,20?/m1/s1. The van der Waals surface area contributed by atoms with Gasteiger partial charge >= 0.3 is 0 Å². The lowest BCUT2D eigenvalue weighted by Crippen LogP contribution is -2.12. The molecule has 0 fully saturated rings. The fourth-order valence-corrected chi connectivity index (χ4v) is 3.01. The lowest BCUT2D eigenvalue weighted by atomic mass is 9.91. The molecule has 0 rings (SSSR count). The molecule has 0 saturated heterocycles. The maximum Gasteiger partial charge on any atom is 0.0595 e. The molecule has 0 nitrogen and oxygen atoms in total. The van der Waals surface area contributed by atoms with Crippen molar-refractivity contribution in [2.75, 3.05) is 0 Å². The van der Waals surface area contributed by atoms with Crippen molar-refractivity contribution < 1.29 is 0 Å². The summed E-state index contributed by atoms with van der Waals surface area (Å²) in [6.45, 7) is 15.3. The second-order valence-electron chi connectivity index (χ2n) is 7.84. The molecule has 0 bridgehead atoms. The summed E-state index contributed by atoms with van der Waals surface area (Å²) in [4.78, 5) is -0.204. The van der Waals surface area contributed by atoms with Crippen LogP contribution in [0.2, 0.25) is 0 Å². The Morgan fingerprint density at radius 2 is 1.29 bits per heavy atom. The molecule has 1 heteroatoms. The molecule has 1 unspecified atom stereocenters. The maximum atomic E-state index is 6.30. The molecule has 0 aromatic carbocycles. The molecule has 3 atom stereocenters. The van der Waals surface area contributed by atoms with Crippen molar-refractivity contribution in [3.05, 3.63) is 12.7 Å². The van der Waals surface area contributed by atoms with Crippen molar-refractivity contribution in [3.63, 3.8) is 0 Å². The van der Waals surface area contributed by atoms with Crippen LogP contribution >= 0.6 is 11.6 Å². The van der Waals surface area contributed by atoms with E-state index in [1.807, 2.05) is 6.08 Å². The van der Waals surface area contributed by atoms with E-state index in [1.54, 1.807) is 0 Å². The van der Waals surface area contributed by atoms with Gasteiger partial charge in [0.05, 0.1) is 4.87 Å². The minimum Gasteiger partial charge on any atom is -0.115 e. The maximum absolute atomic E-state index is 6.30. The van der Waals surface area contributed by atoms with Crippen molar-refractivity contribution in [2.45, 2.75) is 97.3 Å². The molecule has 0 heterocycles. The van der Waals surface area contributed by atoms with E-state index >= 15 is 0 Å². The number of hydrogen-bond acceptors (Lipinski definition) is 0. The van der Waals surface area contributed by atoms with Gasteiger partial charge in [0.15, 0.2) is 0 Å². The van der Waals surface area contributed by atoms with E-state index in [9.17, 15) is 0 Å². The Morgan fingerprint density at radius 3 is 1.71 bits per heavy atom. The highest BCUT2D eigenvalue weighted by Crippen LogP contribution is 2.26. The van der Waals surface area contributed by atoms with Gasteiger partial charge in [-0.25, -0.2) is 0 Å². The predicted molar refractivity (Wildman–Crippen MR) is 99.2 cm³/mol. The first-order chi connectivity index (χ1) is 9.76. The number of allylic oxidation sites excluding steroid dienone is 1. The highest BCUT2D eigenvalue weighted by atomic mass is 35.5. The van der Waals surface area contributed by atoms with Crippen molar-refractivity contribution >= 4 is 11.6 Å². The van der Waals surface area contributed by atoms with Gasteiger partial charge in [-0.05, 0) is 31.1 Å². The monoisotopic (exact) mass is 314 g/mol. The van der Waals surface area contributed by atoms with Crippen molar-refractivity contribution in [1.82, 2.24) is 0 Å². The van der Waals surface area contributed by atoms with Gasteiger partial charge in [0.1, 0.15) is 0 Å². The second-order valence-corrected chi connectivity index (χ2v) is 8.70. The Balaban J connectivity index is 3.56. The van der Waals surface area contributed by atoms with Crippen LogP contribution in [0.3, 0.4) is 0 Å². The van der Waals surface area contributed by atoms with Gasteiger partial charge < -0.3 is 0 Å². The molecule has 0 aromatic heterocycles. The van der Waals surface area contributed by atoms with Crippen molar-refractivity contribution in [2.24, 2.45) is 17.8 Å². The van der Waals surface area contributed by atoms with Gasteiger partial charge in [0.25, 0.3) is 0 Å². The summed E-state index contributed by atoms with van der Waals surface area (Å²) in [7, 11) is 0. The van der Waals surface area contributed by atoms with Crippen LogP contribution < -0.4 is 0 Å². The zero-order valence-corrected chi connectivity index (χ0v) is 16.0.